The highest BCUT2D eigenvalue weighted by Crippen LogP contribution is 2.35. The number of halogens is 4. The molecule has 2 aromatic carbocycles. The summed E-state index contributed by atoms with van der Waals surface area (Å²) in [6.45, 7) is -0.392. The molecule has 34 heavy (non-hydrogen) atoms. The summed E-state index contributed by atoms with van der Waals surface area (Å²) in [6, 6.07) is 8.39. The van der Waals surface area contributed by atoms with Crippen molar-refractivity contribution < 1.29 is 46.5 Å². The molecule has 0 radical (unpaired) electrons. The molecule has 1 N–H and O–H groups in total. The number of aromatic carboxylic acids is 1. The van der Waals surface area contributed by atoms with Crippen molar-refractivity contribution in [3.05, 3.63) is 75.2 Å². The molecule has 0 unspecified atom stereocenters. The van der Waals surface area contributed by atoms with Gasteiger partial charge in [0.05, 0.1) is 17.7 Å². The van der Waals surface area contributed by atoms with E-state index in [1.807, 2.05) is 0 Å². The van der Waals surface area contributed by atoms with Gasteiger partial charge in [0.1, 0.15) is 28.8 Å². The van der Waals surface area contributed by atoms with Crippen molar-refractivity contribution >= 4 is 34.8 Å². The number of imide groups is 1. The maximum atomic E-state index is 14.6. The van der Waals surface area contributed by atoms with Gasteiger partial charge in [0.2, 0.25) is 5.91 Å². The number of carbonyl (C=O) groups is 3. The van der Waals surface area contributed by atoms with Gasteiger partial charge in [-0.3, -0.25) is 9.59 Å². The van der Waals surface area contributed by atoms with Gasteiger partial charge in [-0.1, -0.05) is 18.2 Å². The number of alkyl halides is 3. The summed E-state index contributed by atoms with van der Waals surface area (Å²) in [4.78, 5) is 37.3. The highest BCUT2D eigenvalue weighted by atomic mass is 32.1. The normalized spacial score (nSPS) is 13.6. The van der Waals surface area contributed by atoms with Crippen LogP contribution in [-0.2, 0) is 17.8 Å². The lowest BCUT2D eigenvalue weighted by Gasteiger charge is -2.26. The highest BCUT2D eigenvalue weighted by Gasteiger charge is 2.38. The van der Waals surface area contributed by atoms with Crippen LogP contribution in [-0.4, -0.2) is 29.3 Å². The van der Waals surface area contributed by atoms with Crippen molar-refractivity contribution in [2.24, 2.45) is 0 Å². The molecule has 0 saturated heterocycles. The van der Waals surface area contributed by atoms with Crippen molar-refractivity contribution in [3.8, 4) is 11.5 Å². The Morgan fingerprint density at radius 2 is 1.88 bits per heavy atom. The lowest BCUT2D eigenvalue weighted by atomic mass is 10.0. The number of rotatable bonds is 6. The molecule has 0 fully saturated rings. The number of ether oxygens (including phenoxy) is 2. The molecular formula is C22H13F4NO6S. The lowest BCUT2D eigenvalue weighted by Crippen LogP contribution is -2.43. The number of nitrogens with zero attached hydrogens (tertiary/aromatic N) is 1. The Morgan fingerprint density at radius 1 is 1.15 bits per heavy atom. The van der Waals surface area contributed by atoms with Gasteiger partial charge in [0.15, 0.2) is 0 Å². The molecular weight excluding hydrogens is 482 g/mol. The van der Waals surface area contributed by atoms with E-state index in [4.69, 9.17) is 4.74 Å². The molecule has 0 spiro atoms. The number of anilines is 1. The Hall–Kier alpha value is -3.93. The second-order valence-electron chi connectivity index (χ2n) is 7.04. The van der Waals surface area contributed by atoms with Gasteiger partial charge in [0.25, 0.3) is 5.91 Å². The summed E-state index contributed by atoms with van der Waals surface area (Å²) < 4.78 is 61.9. The molecule has 1 aromatic heterocycles. The SMILES string of the molecule is O=C(O)c1scc2c1C(=O)N(c1cc(OCc3ccccc3OC(F)(F)F)ccc1F)C(=O)C2. The largest absolute Gasteiger partial charge is 0.573 e. The second kappa shape index (κ2) is 8.78. The van der Waals surface area contributed by atoms with E-state index in [0.29, 0.717) is 4.90 Å². The predicted molar refractivity (Wildman–Crippen MR) is 111 cm³/mol. The van der Waals surface area contributed by atoms with Crippen LogP contribution in [0.1, 0.15) is 31.2 Å². The van der Waals surface area contributed by atoms with Gasteiger partial charge in [0, 0.05) is 11.6 Å². The van der Waals surface area contributed by atoms with Crippen LogP contribution in [0.2, 0.25) is 0 Å². The van der Waals surface area contributed by atoms with E-state index in [-0.39, 0.29) is 33.7 Å². The molecule has 1 aliphatic rings. The molecule has 0 atom stereocenters. The Morgan fingerprint density at radius 3 is 2.59 bits per heavy atom. The highest BCUT2D eigenvalue weighted by molar-refractivity contribution is 7.12. The van der Waals surface area contributed by atoms with E-state index in [1.54, 1.807) is 0 Å². The van der Waals surface area contributed by atoms with E-state index in [0.717, 1.165) is 29.5 Å². The molecule has 1 aliphatic heterocycles. The first kappa shape index (κ1) is 23.2. The summed E-state index contributed by atoms with van der Waals surface area (Å²) in [6.07, 6.45) is -5.22. The molecule has 0 aliphatic carbocycles. The Kier molecular flexibility index (Phi) is 6.00. The Bertz CT molecular complexity index is 1300. The minimum atomic E-state index is -4.91. The minimum absolute atomic E-state index is 0.0461. The lowest BCUT2D eigenvalue weighted by molar-refractivity contribution is -0.275. The molecule has 0 saturated carbocycles. The number of hydrogen-bond donors (Lipinski definition) is 1. The molecule has 176 valence electrons. The predicted octanol–water partition coefficient (Wildman–Crippen LogP) is 4.79. The number of benzene rings is 2. The fourth-order valence-electron chi connectivity index (χ4n) is 3.39. The zero-order valence-electron chi connectivity index (χ0n) is 16.9. The third kappa shape index (κ3) is 4.57. The molecule has 0 bridgehead atoms. The third-order valence-electron chi connectivity index (χ3n) is 4.82. The summed E-state index contributed by atoms with van der Waals surface area (Å²) in [5, 5.41) is 10.7. The maximum absolute atomic E-state index is 14.6. The molecule has 2 heterocycles. The van der Waals surface area contributed by atoms with Gasteiger partial charge in [-0.15, -0.1) is 24.5 Å². The first-order chi connectivity index (χ1) is 16.0. The number of para-hydroxylation sites is 1. The zero-order valence-corrected chi connectivity index (χ0v) is 17.7. The van der Waals surface area contributed by atoms with Crippen molar-refractivity contribution in [3.63, 3.8) is 0 Å². The number of carbonyl (C=O) groups excluding carboxylic acids is 2. The minimum Gasteiger partial charge on any atom is -0.489 e. The Balaban J connectivity index is 1.61. The first-order valence-corrected chi connectivity index (χ1v) is 10.4. The van der Waals surface area contributed by atoms with Crippen molar-refractivity contribution in [2.45, 2.75) is 19.4 Å². The van der Waals surface area contributed by atoms with Gasteiger partial charge < -0.3 is 14.6 Å². The van der Waals surface area contributed by atoms with Crippen LogP contribution < -0.4 is 14.4 Å². The number of carboxylic acids is 1. The van der Waals surface area contributed by atoms with Gasteiger partial charge in [-0.05, 0) is 29.1 Å². The van der Waals surface area contributed by atoms with Gasteiger partial charge in [-0.2, -0.15) is 0 Å². The molecule has 2 amide bonds. The van der Waals surface area contributed by atoms with Crippen LogP contribution in [0.15, 0.2) is 47.8 Å². The van der Waals surface area contributed by atoms with Gasteiger partial charge >= 0.3 is 12.3 Å². The van der Waals surface area contributed by atoms with Crippen molar-refractivity contribution in [2.75, 3.05) is 4.90 Å². The topological polar surface area (TPSA) is 93.1 Å². The molecule has 3 aromatic rings. The monoisotopic (exact) mass is 495 g/mol. The summed E-state index contributed by atoms with van der Waals surface area (Å²) >= 11 is 0.785. The van der Waals surface area contributed by atoms with E-state index < -0.39 is 48.0 Å². The van der Waals surface area contributed by atoms with Gasteiger partial charge in [-0.25, -0.2) is 14.1 Å². The standard InChI is InChI=1S/C22H13F4NO6S/c23-14-6-5-13(32-9-11-3-1-2-4-16(11)33-22(24,25)26)8-15(14)27-17(28)7-12-10-34-19(21(30)31)18(12)20(27)29/h1-6,8,10H,7,9H2,(H,30,31). The number of amides is 2. The zero-order chi connectivity index (χ0) is 24.6. The van der Waals surface area contributed by atoms with Crippen LogP contribution in [0.4, 0.5) is 23.2 Å². The molecule has 12 heteroatoms. The fourth-order valence-corrected chi connectivity index (χ4v) is 4.29. The summed E-state index contributed by atoms with van der Waals surface area (Å²) in [5.74, 6) is -4.60. The number of fused-ring (bicyclic) bond motifs is 1. The van der Waals surface area contributed by atoms with E-state index in [2.05, 4.69) is 4.74 Å². The smallest absolute Gasteiger partial charge is 0.489 e. The third-order valence-corrected chi connectivity index (χ3v) is 5.84. The quantitative estimate of drug-likeness (QED) is 0.391. The maximum Gasteiger partial charge on any atom is 0.573 e. The number of thiophene rings is 1. The average Bonchev–Trinajstić information content (AvgIpc) is 3.18. The summed E-state index contributed by atoms with van der Waals surface area (Å²) in [5.41, 5.74) is -0.380. The Labute approximate surface area is 192 Å². The van der Waals surface area contributed by atoms with Crippen LogP contribution in [0.25, 0.3) is 0 Å². The average molecular weight is 495 g/mol. The number of carboxylic acid groups (broad SMARTS) is 1. The van der Waals surface area contributed by atoms with Crippen molar-refractivity contribution in [1.29, 1.82) is 0 Å². The van der Waals surface area contributed by atoms with Crippen LogP contribution >= 0.6 is 11.3 Å². The number of hydrogen-bond acceptors (Lipinski definition) is 6. The molecule has 4 rings (SSSR count). The van der Waals surface area contributed by atoms with Crippen LogP contribution in [0.5, 0.6) is 11.5 Å². The van der Waals surface area contributed by atoms with E-state index in [9.17, 15) is 37.1 Å². The second-order valence-corrected chi connectivity index (χ2v) is 7.92. The van der Waals surface area contributed by atoms with Crippen LogP contribution in [0.3, 0.4) is 0 Å². The van der Waals surface area contributed by atoms with Crippen LogP contribution in [0, 0.1) is 5.82 Å². The van der Waals surface area contributed by atoms with Crippen molar-refractivity contribution in [1.82, 2.24) is 0 Å². The summed E-state index contributed by atoms with van der Waals surface area (Å²) in [7, 11) is 0. The fraction of sp³-hybridized carbons (Fsp3) is 0.136. The molecule has 7 nitrogen and oxygen atoms in total. The van der Waals surface area contributed by atoms with E-state index >= 15 is 0 Å². The van der Waals surface area contributed by atoms with E-state index in [1.165, 1.54) is 29.6 Å². The first-order valence-electron chi connectivity index (χ1n) is 9.52.